The van der Waals surface area contributed by atoms with E-state index in [2.05, 4.69) is 247 Å². The first-order valence-electron chi connectivity index (χ1n) is 28.0. The first kappa shape index (κ1) is 48.1. The Morgan fingerprint density at radius 2 is 1.04 bits per heavy atom. The first-order chi connectivity index (χ1) is 35.3. The molecule has 9 aromatic rings. The van der Waals surface area contributed by atoms with Gasteiger partial charge in [0.05, 0.1) is 17.0 Å². The molecule has 0 saturated heterocycles. The van der Waals surface area contributed by atoms with Crippen molar-refractivity contribution >= 4 is 89.9 Å². The van der Waals surface area contributed by atoms with Gasteiger partial charge in [-0.2, -0.15) is 0 Å². The second-order valence-electron chi connectivity index (χ2n) is 28.0. The smallest absolute Gasteiger partial charge is 0.297 e. The molecule has 0 atom stereocenters. The number of hydrogen-bond acceptors (Lipinski definition) is 3. The number of aryl methyl sites for hydroxylation is 1. The van der Waals surface area contributed by atoms with Gasteiger partial charge < -0.3 is 14.2 Å². The van der Waals surface area contributed by atoms with E-state index in [4.69, 9.17) is 4.42 Å². The summed E-state index contributed by atoms with van der Waals surface area (Å²) in [6, 6.07) is 52.6. The number of anilines is 6. The van der Waals surface area contributed by atoms with Crippen molar-refractivity contribution in [3.05, 3.63) is 172 Å². The van der Waals surface area contributed by atoms with E-state index in [1.807, 2.05) is 0 Å². The summed E-state index contributed by atoms with van der Waals surface area (Å²) in [6.07, 6.45) is 4.63. The molecule has 2 aliphatic carbocycles. The molecule has 0 bridgehead atoms. The minimum atomic E-state index is -0.157. The van der Waals surface area contributed by atoms with Crippen molar-refractivity contribution in [3.8, 4) is 11.1 Å². The van der Waals surface area contributed by atoms with Crippen LogP contribution in [-0.2, 0) is 32.5 Å². The lowest BCUT2D eigenvalue weighted by molar-refractivity contribution is 0.332. The molecule has 0 unspecified atom stereocenters. The number of nitrogens with zero attached hydrogens (tertiary/aromatic N) is 2. The highest BCUT2D eigenvalue weighted by molar-refractivity contribution is 7.00. The normalized spacial score (nSPS) is 17.9. The first-order valence-corrected chi connectivity index (χ1v) is 28.0. The van der Waals surface area contributed by atoms with Crippen LogP contribution < -0.4 is 26.4 Å². The van der Waals surface area contributed by atoms with Crippen LogP contribution in [0.5, 0.6) is 0 Å². The maximum absolute atomic E-state index is 7.73. The Labute approximate surface area is 447 Å². The number of hydrogen-bond donors (Lipinski definition) is 0. The Morgan fingerprint density at radius 3 is 1.72 bits per heavy atom. The standard InChI is InChI=1S/C71H75BN2O/c1-42-35-60-63-61(36-42)74(58-29-24-44(66(2,3)4)37-51(58)49-22-18-21-48-47-20-17-16-19-43(47)23-27-50(48)49)59-30-25-45(67(5,6)7)38-57(59)72(63)65-64(52-40-55-56(41-62(52)75-65)71(14,15)34-33-70(55,12)13)73(60)46-26-28-53-54(39-46)69(10,11)32-31-68(53,8)9/h16-30,35-41H,31-34H2,1-15H3. The summed E-state index contributed by atoms with van der Waals surface area (Å²) in [5.74, 6) is 0. The molecule has 0 spiro atoms. The highest BCUT2D eigenvalue weighted by atomic mass is 16.3. The van der Waals surface area contributed by atoms with Crippen molar-refractivity contribution in [2.24, 2.45) is 0 Å². The van der Waals surface area contributed by atoms with Gasteiger partial charge in [-0.25, -0.2) is 0 Å². The molecule has 13 rings (SSSR count). The third kappa shape index (κ3) is 7.20. The second kappa shape index (κ2) is 15.8. The van der Waals surface area contributed by atoms with Gasteiger partial charge in [-0.15, -0.1) is 0 Å². The summed E-state index contributed by atoms with van der Waals surface area (Å²) < 4.78 is 7.73. The number of benzene rings is 8. The number of furan rings is 1. The largest absolute Gasteiger partial charge is 0.468 e. The van der Waals surface area contributed by atoms with Crippen LogP contribution in [0.1, 0.15) is 162 Å². The highest BCUT2D eigenvalue weighted by Gasteiger charge is 2.49. The summed E-state index contributed by atoms with van der Waals surface area (Å²) in [6.45, 7) is 35.8. The Kier molecular flexibility index (Phi) is 10.1. The van der Waals surface area contributed by atoms with E-state index in [0.29, 0.717) is 0 Å². The molecule has 0 amide bonds. The Balaban J connectivity index is 1.15. The molecule has 0 saturated carbocycles. The van der Waals surface area contributed by atoms with Gasteiger partial charge in [0.1, 0.15) is 5.58 Å². The summed E-state index contributed by atoms with van der Waals surface area (Å²) in [4.78, 5) is 5.28. The minimum Gasteiger partial charge on any atom is -0.468 e. The summed E-state index contributed by atoms with van der Waals surface area (Å²) in [5, 5.41) is 6.29. The van der Waals surface area contributed by atoms with Crippen molar-refractivity contribution < 1.29 is 4.42 Å². The van der Waals surface area contributed by atoms with Gasteiger partial charge in [0.2, 0.25) is 0 Å². The topological polar surface area (TPSA) is 19.6 Å². The predicted molar refractivity (Wildman–Crippen MR) is 323 cm³/mol. The van der Waals surface area contributed by atoms with E-state index >= 15 is 0 Å². The van der Waals surface area contributed by atoms with E-state index in [-0.39, 0.29) is 39.2 Å². The van der Waals surface area contributed by atoms with E-state index in [1.165, 1.54) is 128 Å². The second-order valence-corrected chi connectivity index (χ2v) is 28.0. The molecule has 8 aromatic carbocycles. The average Bonchev–Trinajstić information content (AvgIpc) is 3.79. The monoisotopic (exact) mass is 983 g/mol. The van der Waals surface area contributed by atoms with Crippen molar-refractivity contribution in [2.75, 3.05) is 9.80 Å². The molecular weight excluding hydrogens is 908 g/mol. The molecule has 1 aromatic heterocycles. The Morgan fingerprint density at radius 1 is 0.453 bits per heavy atom. The average molecular weight is 983 g/mol. The lowest BCUT2D eigenvalue weighted by Gasteiger charge is -2.45. The van der Waals surface area contributed by atoms with Crippen LogP contribution in [0.2, 0.25) is 0 Å². The van der Waals surface area contributed by atoms with E-state index in [1.54, 1.807) is 0 Å². The summed E-state index contributed by atoms with van der Waals surface area (Å²) in [5.41, 5.74) is 24.0. The fraction of sp³-hybridized carbons (Fsp3) is 0.352. The fourth-order valence-electron chi connectivity index (χ4n) is 14.1. The van der Waals surface area contributed by atoms with Crippen molar-refractivity contribution in [3.63, 3.8) is 0 Å². The lowest BCUT2D eigenvalue weighted by atomic mass is 9.35. The zero-order chi connectivity index (χ0) is 52.7. The molecule has 0 radical (unpaired) electrons. The van der Waals surface area contributed by atoms with Gasteiger partial charge in [-0.05, 0) is 197 Å². The highest BCUT2D eigenvalue weighted by Crippen LogP contribution is 2.55. The van der Waals surface area contributed by atoms with E-state index in [9.17, 15) is 0 Å². The zero-order valence-corrected chi connectivity index (χ0v) is 47.4. The van der Waals surface area contributed by atoms with Crippen molar-refractivity contribution in [1.29, 1.82) is 0 Å². The zero-order valence-electron chi connectivity index (χ0n) is 47.4. The van der Waals surface area contributed by atoms with Crippen LogP contribution >= 0.6 is 0 Å². The lowest BCUT2D eigenvalue weighted by Crippen LogP contribution is -2.61. The molecule has 4 aliphatic rings. The third-order valence-electron chi connectivity index (χ3n) is 18.9. The molecule has 378 valence electrons. The van der Waals surface area contributed by atoms with E-state index < -0.39 is 0 Å². The Bertz CT molecular complexity index is 3900. The summed E-state index contributed by atoms with van der Waals surface area (Å²) in [7, 11) is 0. The molecule has 3 nitrogen and oxygen atoms in total. The molecule has 4 heteroatoms. The molecule has 0 fully saturated rings. The van der Waals surface area contributed by atoms with Gasteiger partial charge in [0.25, 0.3) is 6.71 Å². The van der Waals surface area contributed by atoms with Crippen LogP contribution in [-0.4, -0.2) is 6.71 Å². The maximum Gasteiger partial charge on any atom is 0.297 e. The SMILES string of the molecule is Cc1cc2c3c(c1)N(c1ccc4c(c1)C(C)(C)CCC4(C)C)c1c(oc4cc5c(cc14)C(C)(C)CCC5(C)C)B3c1cc(C(C)(C)C)ccc1N2c1ccc(C(C)(C)C)cc1-c1cccc2c1ccc1ccccc12. The van der Waals surface area contributed by atoms with Gasteiger partial charge in [0.15, 0.2) is 0 Å². The minimum absolute atomic E-state index is 0.0305. The predicted octanol–water partition coefficient (Wildman–Crippen LogP) is 18.1. The molecule has 75 heavy (non-hydrogen) atoms. The van der Waals surface area contributed by atoms with Crippen LogP contribution in [0, 0.1) is 6.92 Å². The van der Waals surface area contributed by atoms with Gasteiger partial charge in [-0.1, -0.05) is 176 Å². The summed E-state index contributed by atoms with van der Waals surface area (Å²) >= 11 is 0. The maximum atomic E-state index is 7.73. The van der Waals surface area contributed by atoms with E-state index in [0.717, 1.165) is 30.5 Å². The number of fused-ring (bicyclic) bond motifs is 11. The fourth-order valence-corrected chi connectivity index (χ4v) is 14.1. The van der Waals surface area contributed by atoms with Crippen LogP contribution in [0.15, 0.2) is 138 Å². The van der Waals surface area contributed by atoms with Crippen molar-refractivity contribution in [1.82, 2.24) is 0 Å². The van der Waals surface area contributed by atoms with Crippen LogP contribution in [0.4, 0.5) is 34.1 Å². The van der Waals surface area contributed by atoms with Crippen LogP contribution in [0.3, 0.4) is 0 Å². The Hall–Kier alpha value is -6.52. The quantitative estimate of drug-likeness (QED) is 0.130. The molecular formula is C71H75BN2O. The molecule has 2 aliphatic heterocycles. The third-order valence-corrected chi connectivity index (χ3v) is 18.9. The molecule has 0 N–H and O–H groups in total. The van der Waals surface area contributed by atoms with Crippen molar-refractivity contribution in [2.45, 2.75) is 162 Å². The van der Waals surface area contributed by atoms with Gasteiger partial charge in [-0.3, -0.25) is 0 Å². The number of rotatable bonds is 3. The van der Waals surface area contributed by atoms with Gasteiger partial charge in [0, 0.05) is 33.7 Å². The van der Waals surface area contributed by atoms with Crippen LogP contribution in [0.25, 0.3) is 43.6 Å². The van der Waals surface area contributed by atoms with Gasteiger partial charge >= 0.3 is 0 Å². The molecule has 3 heterocycles.